The van der Waals surface area contributed by atoms with E-state index >= 15 is 0 Å². The van der Waals surface area contributed by atoms with E-state index in [2.05, 4.69) is 10.3 Å². The smallest absolute Gasteiger partial charge is 0.341 e. The molecule has 1 aromatic rings. The van der Waals surface area contributed by atoms with Crippen LogP contribution < -0.4 is 10.1 Å². The second kappa shape index (κ2) is 6.94. The number of aromatic carboxylic acids is 1. The van der Waals surface area contributed by atoms with Gasteiger partial charge in [-0.15, -0.1) is 0 Å². The molecular formula is C17H24N2O5. The summed E-state index contributed by atoms with van der Waals surface area (Å²) in [4.78, 5) is 15.5. The minimum absolute atomic E-state index is 0.0598. The standard InChI is InChI=1S/C17H24N2O5/c1-3-24-13-10-12(17(13)6-8-23-9-7-17)18-14-5-4-11(16(20)21)15(19-14)22-2/h4-5,12-13H,3,6-10H2,1-2H3,(H,18,19)(H,20,21)/t12-,13-/m1/s1. The number of carboxylic acid groups (broad SMARTS) is 1. The molecule has 1 aliphatic heterocycles. The number of methoxy groups -OCH3 is 1. The maximum Gasteiger partial charge on any atom is 0.341 e. The Kier molecular flexibility index (Phi) is 4.91. The predicted molar refractivity (Wildman–Crippen MR) is 87.7 cm³/mol. The van der Waals surface area contributed by atoms with Crippen molar-refractivity contribution in [1.82, 2.24) is 4.98 Å². The summed E-state index contributed by atoms with van der Waals surface area (Å²) in [6.07, 6.45) is 3.07. The molecule has 2 N–H and O–H groups in total. The number of hydrogen-bond donors (Lipinski definition) is 2. The number of aromatic nitrogens is 1. The molecule has 7 heteroatoms. The van der Waals surface area contributed by atoms with Gasteiger partial charge in [-0.2, -0.15) is 4.98 Å². The van der Waals surface area contributed by atoms with Gasteiger partial charge in [0.25, 0.3) is 0 Å². The Balaban J connectivity index is 1.77. The highest BCUT2D eigenvalue weighted by Crippen LogP contribution is 2.51. The highest BCUT2D eigenvalue weighted by molar-refractivity contribution is 5.90. The number of rotatable bonds is 6. The lowest BCUT2D eigenvalue weighted by molar-refractivity contribution is -0.159. The fourth-order valence-corrected chi connectivity index (χ4v) is 3.82. The van der Waals surface area contributed by atoms with Crippen molar-refractivity contribution in [3.05, 3.63) is 17.7 Å². The van der Waals surface area contributed by atoms with E-state index in [1.807, 2.05) is 6.92 Å². The van der Waals surface area contributed by atoms with Gasteiger partial charge in [0.1, 0.15) is 11.4 Å². The van der Waals surface area contributed by atoms with Crippen LogP contribution in [0.1, 0.15) is 36.5 Å². The minimum atomic E-state index is -1.05. The molecule has 2 fully saturated rings. The van der Waals surface area contributed by atoms with Crippen LogP contribution in [0.5, 0.6) is 5.88 Å². The monoisotopic (exact) mass is 336 g/mol. The second-order valence-electron chi connectivity index (χ2n) is 6.28. The lowest BCUT2D eigenvalue weighted by Gasteiger charge is -2.57. The van der Waals surface area contributed by atoms with Gasteiger partial charge in [0.05, 0.1) is 13.2 Å². The van der Waals surface area contributed by atoms with Gasteiger partial charge in [-0.05, 0) is 38.3 Å². The van der Waals surface area contributed by atoms with Crippen LogP contribution in [0.25, 0.3) is 0 Å². The molecule has 2 atom stereocenters. The van der Waals surface area contributed by atoms with Crippen molar-refractivity contribution in [2.24, 2.45) is 5.41 Å². The van der Waals surface area contributed by atoms with Crippen LogP contribution in [0.4, 0.5) is 5.82 Å². The van der Waals surface area contributed by atoms with Gasteiger partial charge in [-0.3, -0.25) is 0 Å². The van der Waals surface area contributed by atoms with E-state index in [0.717, 1.165) is 32.5 Å². The van der Waals surface area contributed by atoms with Gasteiger partial charge in [0.15, 0.2) is 0 Å². The van der Waals surface area contributed by atoms with Crippen LogP contribution in [0.2, 0.25) is 0 Å². The fourth-order valence-electron chi connectivity index (χ4n) is 3.82. The Hall–Kier alpha value is -1.86. The summed E-state index contributed by atoms with van der Waals surface area (Å²) in [7, 11) is 1.42. The Morgan fingerprint density at radius 1 is 1.46 bits per heavy atom. The van der Waals surface area contributed by atoms with Crippen LogP contribution in [0.3, 0.4) is 0 Å². The number of hydrogen-bond acceptors (Lipinski definition) is 6. The predicted octanol–water partition coefficient (Wildman–Crippen LogP) is 2.17. The number of ether oxygens (including phenoxy) is 3. The molecule has 0 unspecified atom stereocenters. The number of carboxylic acids is 1. The van der Waals surface area contributed by atoms with Gasteiger partial charge < -0.3 is 24.6 Å². The van der Waals surface area contributed by atoms with Gasteiger partial charge in [-0.25, -0.2) is 4.79 Å². The lowest BCUT2D eigenvalue weighted by Crippen LogP contribution is -2.63. The quantitative estimate of drug-likeness (QED) is 0.823. The Bertz CT molecular complexity index is 601. The number of carbonyl (C=O) groups is 1. The first-order valence-electron chi connectivity index (χ1n) is 8.35. The third kappa shape index (κ3) is 2.93. The van der Waals surface area contributed by atoms with Crippen molar-refractivity contribution in [3.63, 3.8) is 0 Å². The van der Waals surface area contributed by atoms with E-state index in [1.54, 1.807) is 6.07 Å². The van der Waals surface area contributed by atoms with Crippen molar-refractivity contribution in [2.75, 3.05) is 32.2 Å². The zero-order chi connectivity index (χ0) is 17.2. The SMILES string of the molecule is CCO[C@@H]1C[C@@H](Nc2ccc(C(=O)O)c(OC)n2)C12CCOCC2. The zero-order valence-electron chi connectivity index (χ0n) is 14.1. The minimum Gasteiger partial charge on any atom is -0.480 e. The van der Waals surface area contributed by atoms with Gasteiger partial charge in [0, 0.05) is 31.3 Å². The summed E-state index contributed by atoms with van der Waals surface area (Å²) in [6.45, 7) is 4.22. The van der Waals surface area contributed by atoms with E-state index in [-0.39, 0.29) is 29.0 Å². The van der Waals surface area contributed by atoms with Crippen molar-refractivity contribution < 1.29 is 24.1 Å². The Morgan fingerprint density at radius 3 is 2.83 bits per heavy atom. The van der Waals surface area contributed by atoms with Gasteiger partial charge in [-0.1, -0.05) is 0 Å². The van der Waals surface area contributed by atoms with E-state index < -0.39 is 5.97 Å². The Morgan fingerprint density at radius 2 is 2.21 bits per heavy atom. The van der Waals surface area contributed by atoms with Crippen LogP contribution >= 0.6 is 0 Å². The van der Waals surface area contributed by atoms with Crippen molar-refractivity contribution in [3.8, 4) is 5.88 Å². The molecule has 2 aliphatic rings. The number of nitrogens with zero attached hydrogens (tertiary/aromatic N) is 1. The third-order valence-corrected chi connectivity index (χ3v) is 5.18. The summed E-state index contributed by atoms with van der Waals surface area (Å²) >= 11 is 0. The third-order valence-electron chi connectivity index (χ3n) is 5.18. The molecule has 7 nitrogen and oxygen atoms in total. The molecule has 3 rings (SSSR count). The second-order valence-corrected chi connectivity index (χ2v) is 6.28. The summed E-state index contributed by atoms with van der Waals surface area (Å²) in [5.74, 6) is -0.302. The van der Waals surface area contributed by atoms with Crippen LogP contribution in [-0.4, -0.2) is 55.1 Å². The van der Waals surface area contributed by atoms with Crippen LogP contribution in [-0.2, 0) is 9.47 Å². The maximum absolute atomic E-state index is 11.2. The molecule has 1 aromatic heterocycles. The highest BCUT2D eigenvalue weighted by atomic mass is 16.5. The summed E-state index contributed by atoms with van der Waals surface area (Å²) in [5, 5.41) is 12.6. The molecule has 1 saturated heterocycles. The first-order valence-corrected chi connectivity index (χ1v) is 8.35. The van der Waals surface area contributed by atoms with Gasteiger partial charge in [0.2, 0.25) is 5.88 Å². The van der Waals surface area contributed by atoms with E-state index in [1.165, 1.54) is 13.2 Å². The molecule has 1 saturated carbocycles. The van der Waals surface area contributed by atoms with E-state index in [9.17, 15) is 4.79 Å². The molecule has 0 amide bonds. The number of anilines is 1. The molecule has 0 bridgehead atoms. The molecule has 24 heavy (non-hydrogen) atoms. The largest absolute Gasteiger partial charge is 0.480 e. The molecule has 2 heterocycles. The molecule has 1 spiro atoms. The first-order chi connectivity index (χ1) is 11.6. The van der Waals surface area contributed by atoms with Crippen molar-refractivity contribution >= 4 is 11.8 Å². The average Bonchev–Trinajstić information content (AvgIpc) is 2.61. The lowest BCUT2D eigenvalue weighted by atomic mass is 9.57. The van der Waals surface area contributed by atoms with Gasteiger partial charge >= 0.3 is 5.97 Å². The maximum atomic E-state index is 11.2. The molecule has 132 valence electrons. The highest BCUT2D eigenvalue weighted by Gasteiger charge is 2.56. The van der Waals surface area contributed by atoms with E-state index in [0.29, 0.717) is 12.4 Å². The van der Waals surface area contributed by atoms with Crippen molar-refractivity contribution in [2.45, 2.75) is 38.3 Å². The fraction of sp³-hybridized carbons (Fsp3) is 0.647. The first kappa shape index (κ1) is 17.0. The zero-order valence-corrected chi connectivity index (χ0v) is 14.1. The van der Waals surface area contributed by atoms with E-state index in [4.69, 9.17) is 19.3 Å². The molecule has 0 radical (unpaired) electrons. The molecule has 0 aromatic carbocycles. The van der Waals surface area contributed by atoms with Crippen LogP contribution in [0.15, 0.2) is 12.1 Å². The van der Waals surface area contributed by atoms with Crippen LogP contribution in [0, 0.1) is 5.41 Å². The Labute approximate surface area is 141 Å². The number of pyridine rings is 1. The topological polar surface area (TPSA) is 89.9 Å². The normalized spacial score (nSPS) is 25.1. The van der Waals surface area contributed by atoms with Crippen molar-refractivity contribution in [1.29, 1.82) is 0 Å². The number of nitrogens with one attached hydrogen (secondary N) is 1. The summed E-state index contributed by atoms with van der Waals surface area (Å²) < 4.78 is 16.5. The average molecular weight is 336 g/mol. The molecule has 1 aliphatic carbocycles. The summed E-state index contributed by atoms with van der Waals surface area (Å²) in [5.41, 5.74) is 0.124. The summed E-state index contributed by atoms with van der Waals surface area (Å²) in [6, 6.07) is 3.45. The molecular weight excluding hydrogens is 312 g/mol.